The Morgan fingerprint density at radius 3 is 2.82 bits per heavy atom. The Labute approximate surface area is 98.2 Å². The molecule has 1 aromatic rings. The number of likely N-dealkylation sites (N-methyl/N-ethyl adjacent to an activating group) is 1. The van der Waals surface area contributed by atoms with Crippen molar-refractivity contribution in [2.24, 2.45) is 0 Å². The summed E-state index contributed by atoms with van der Waals surface area (Å²) in [6.07, 6.45) is -3.33. The van der Waals surface area contributed by atoms with E-state index in [-0.39, 0.29) is 0 Å². The van der Waals surface area contributed by atoms with Gasteiger partial charge in [0, 0.05) is 24.7 Å². The van der Waals surface area contributed by atoms with E-state index in [1.54, 1.807) is 6.07 Å². The topological polar surface area (TPSA) is 24.1 Å². The van der Waals surface area contributed by atoms with Crippen molar-refractivity contribution in [1.29, 1.82) is 0 Å². The molecule has 0 fully saturated rings. The average molecular weight is 244 g/mol. The standard InChI is InChI=1S/C12H15F3N2/c1-16-7-8-4-5-17-11-6-9(12(13,14)15)2-3-10(8)11/h2-3,6,8,16-17H,4-5,7H2,1H3. The van der Waals surface area contributed by atoms with E-state index in [1.165, 1.54) is 6.07 Å². The molecule has 1 atom stereocenters. The van der Waals surface area contributed by atoms with E-state index < -0.39 is 11.7 Å². The van der Waals surface area contributed by atoms with Crippen LogP contribution in [0.2, 0.25) is 0 Å². The Hall–Kier alpha value is -1.23. The van der Waals surface area contributed by atoms with Crippen LogP contribution in [0.1, 0.15) is 23.5 Å². The fourth-order valence-corrected chi connectivity index (χ4v) is 2.24. The van der Waals surface area contributed by atoms with Crippen molar-refractivity contribution in [3.05, 3.63) is 29.3 Å². The average Bonchev–Trinajstić information content (AvgIpc) is 2.28. The highest BCUT2D eigenvalue weighted by Gasteiger charge is 2.32. The summed E-state index contributed by atoms with van der Waals surface area (Å²) < 4.78 is 37.7. The maximum Gasteiger partial charge on any atom is 0.416 e. The molecule has 1 unspecified atom stereocenters. The van der Waals surface area contributed by atoms with Crippen molar-refractivity contribution < 1.29 is 13.2 Å². The van der Waals surface area contributed by atoms with Gasteiger partial charge in [-0.3, -0.25) is 0 Å². The van der Waals surface area contributed by atoms with E-state index in [4.69, 9.17) is 0 Å². The van der Waals surface area contributed by atoms with Gasteiger partial charge in [-0.15, -0.1) is 0 Å². The molecule has 0 saturated heterocycles. The molecule has 0 saturated carbocycles. The Balaban J connectivity index is 2.33. The summed E-state index contributed by atoms with van der Waals surface area (Å²) in [6, 6.07) is 3.96. The molecular formula is C12H15F3N2. The number of anilines is 1. The molecule has 94 valence electrons. The lowest BCUT2D eigenvalue weighted by molar-refractivity contribution is -0.137. The molecule has 5 heteroatoms. The zero-order chi connectivity index (χ0) is 12.5. The van der Waals surface area contributed by atoms with Crippen molar-refractivity contribution in [1.82, 2.24) is 5.32 Å². The van der Waals surface area contributed by atoms with Crippen LogP contribution in [0.3, 0.4) is 0 Å². The van der Waals surface area contributed by atoms with Gasteiger partial charge < -0.3 is 10.6 Å². The highest BCUT2D eigenvalue weighted by Crippen LogP contribution is 2.36. The van der Waals surface area contributed by atoms with Crippen molar-refractivity contribution >= 4 is 5.69 Å². The summed E-state index contributed by atoms with van der Waals surface area (Å²) in [6.45, 7) is 1.51. The van der Waals surface area contributed by atoms with E-state index >= 15 is 0 Å². The molecule has 1 aromatic carbocycles. The fraction of sp³-hybridized carbons (Fsp3) is 0.500. The first-order chi connectivity index (χ1) is 8.02. The van der Waals surface area contributed by atoms with Crippen LogP contribution >= 0.6 is 0 Å². The van der Waals surface area contributed by atoms with Crippen LogP contribution in [0.15, 0.2) is 18.2 Å². The van der Waals surface area contributed by atoms with E-state index in [2.05, 4.69) is 10.6 Å². The van der Waals surface area contributed by atoms with E-state index in [0.717, 1.165) is 31.1 Å². The summed E-state index contributed by atoms with van der Waals surface area (Å²) >= 11 is 0. The molecule has 0 amide bonds. The Bertz CT molecular complexity index is 401. The Kier molecular flexibility index (Phi) is 3.28. The van der Waals surface area contributed by atoms with Gasteiger partial charge in [0.1, 0.15) is 0 Å². The zero-order valence-corrected chi connectivity index (χ0v) is 9.56. The van der Waals surface area contributed by atoms with Crippen molar-refractivity contribution in [3.63, 3.8) is 0 Å². The number of hydrogen-bond acceptors (Lipinski definition) is 2. The van der Waals surface area contributed by atoms with Gasteiger partial charge >= 0.3 is 6.18 Å². The summed E-state index contributed by atoms with van der Waals surface area (Å²) in [5.74, 6) is 0.290. The number of alkyl halides is 3. The Morgan fingerprint density at radius 2 is 2.18 bits per heavy atom. The third kappa shape index (κ3) is 2.54. The maximum atomic E-state index is 12.6. The van der Waals surface area contributed by atoms with Gasteiger partial charge in [0.25, 0.3) is 0 Å². The van der Waals surface area contributed by atoms with Gasteiger partial charge in [-0.2, -0.15) is 13.2 Å². The summed E-state index contributed by atoms with van der Waals surface area (Å²) in [5.41, 5.74) is 0.999. The number of nitrogens with one attached hydrogen (secondary N) is 2. The molecular weight excluding hydrogens is 229 g/mol. The second-order valence-electron chi connectivity index (χ2n) is 4.27. The van der Waals surface area contributed by atoms with Gasteiger partial charge in [0.15, 0.2) is 0 Å². The maximum absolute atomic E-state index is 12.6. The Morgan fingerprint density at radius 1 is 1.41 bits per heavy atom. The first-order valence-corrected chi connectivity index (χ1v) is 5.62. The summed E-state index contributed by atoms with van der Waals surface area (Å²) in [5, 5.41) is 6.11. The molecule has 1 aliphatic rings. The third-order valence-corrected chi connectivity index (χ3v) is 3.08. The van der Waals surface area contributed by atoms with Gasteiger partial charge in [-0.05, 0) is 31.2 Å². The largest absolute Gasteiger partial charge is 0.416 e. The van der Waals surface area contributed by atoms with Crippen LogP contribution in [0, 0.1) is 0 Å². The minimum atomic E-state index is -4.27. The van der Waals surface area contributed by atoms with Crippen LogP contribution in [0.25, 0.3) is 0 Å². The van der Waals surface area contributed by atoms with Crippen molar-refractivity contribution in [2.45, 2.75) is 18.5 Å². The molecule has 1 heterocycles. The van der Waals surface area contributed by atoms with Gasteiger partial charge in [0.2, 0.25) is 0 Å². The normalized spacial score (nSPS) is 19.6. The van der Waals surface area contributed by atoms with Gasteiger partial charge in [-0.25, -0.2) is 0 Å². The first-order valence-electron chi connectivity index (χ1n) is 5.62. The summed E-state index contributed by atoms with van der Waals surface area (Å²) in [7, 11) is 1.85. The number of rotatable bonds is 2. The second-order valence-corrected chi connectivity index (χ2v) is 4.27. The minimum absolute atomic E-state index is 0.290. The molecule has 2 nitrogen and oxygen atoms in total. The predicted octanol–water partition coefficient (Wildman–Crippen LogP) is 2.82. The lowest BCUT2D eigenvalue weighted by Gasteiger charge is -2.27. The smallest absolute Gasteiger partial charge is 0.385 e. The second kappa shape index (κ2) is 4.56. The van der Waals surface area contributed by atoms with Crippen LogP contribution < -0.4 is 10.6 Å². The highest BCUT2D eigenvalue weighted by atomic mass is 19.4. The molecule has 0 aliphatic carbocycles. The monoisotopic (exact) mass is 244 g/mol. The lowest BCUT2D eigenvalue weighted by atomic mass is 9.90. The van der Waals surface area contributed by atoms with Crippen LogP contribution in [-0.2, 0) is 6.18 Å². The number of fused-ring (bicyclic) bond motifs is 1. The fourth-order valence-electron chi connectivity index (χ4n) is 2.24. The number of benzene rings is 1. The predicted molar refractivity (Wildman–Crippen MR) is 61.2 cm³/mol. The van der Waals surface area contributed by atoms with Crippen LogP contribution in [0.4, 0.5) is 18.9 Å². The van der Waals surface area contributed by atoms with Crippen molar-refractivity contribution in [2.75, 3.05) is 25.5 Å². The van der Waals surface area contributed by atoms with E-state index in [0.29, 0.717) is 11.6 Å². The molecule has 0 aromatic heterocycles. The lowest BCUT2D eigenvalue weighted by Crippen LogP contribution is -2.25. The molecule has 17 heavy (non-hydrogen) atoms. The molecule has 2 rings (SSSR count). The first kappa shape index (κ1) is 12.2. The quantitative estimate of drug-likeness (QED) is 0.836. The number of hydrogen-bond donors (Lipinski definition) is 2. The minimum Gasteiger partial charge on any atom is -0.385 e. The molecule has 0 spiro atoms. The van der Waals surface area contributed by atoms with E-state index in [1.807, 2.05) is 7.05 Å². The molecule has 1 aliphatic heterocycles. The van der Waals surface area contributed by atoms with Crippen LogP contribution in [-0.4, -0.2) is 20.1 Å². The van der Waals surface area contributed by atoms with Crippen LogP contribution in [0.5, 0.6) is 0 Å². The van der Waals surface area contributed by atoms with Gasteiger partial charge in [-0.1, -0.05) is 6.07 Å². The highest BCUT2D eigenvalue weighted by molar-refractivity contribution is 5.57. The third-order valence-electron chi connectivity index (χ3n) is 3.08. The van der Waals surface area contributed by atoms with Crippen molar-refractivity contribution in [3.8, 4) is 0 Å². The molecule has 0 bridgehead atoms. The molecule has 0 radical (unpaired) electrons. The summed E-state index contributed by atoms with van der Waals surface area (Å²) in [4.78, 5) is 0. The SMILES string of the molecule is CNCC1CCNc2cc(C(F)(F)F)ccc21. The number of halogens is 3. The van der Waals surface area contributed by atoms with E-state index in [9.17, 15) is 13.2 Å². The molecule has 2 N–H and O–H groups in total. The zero-order valence-electron chi connectivity index (χ0n) is 9.56. The van der Waals surface area contributed by atoms with Gasteiger partial charge in [0.05, 0.1) is 5.56 Å².